The van der Waals surface area contributed by atoms with E-state index in [1.807, 2.05) is 24.5 Å². The molecule has 0 bridgehead atoms. The lowest BCUT2D eigenvalue weighted by atomic mass is 9.73. The van der Waals surface area contributed by atoms with E-state index in [0.717, 1.165) is 142 Å². The number of hydrogen-bond acceptors (Lipinski definition) is 22. The highest BCUT2D eigenvalue weighted by atomic mass is 16.2. The Morgan fingerprint density at radius 2 is 0.742 bits per heavy atom. The van der Waals surface area contributed by atoms with Gasteiger partial charge in [-0.05, 0) is 158 Å². The molecule has 3 aromatic heterocycles. The Bertz CT molecular complexity index is 5870. The van der Waals surface area contributed by atoms with Gasteiger partial charge in [-0.25, -0.2) is 29.9 Å². The average molecular weight is 1730 g/mol. The standard InChI is InChI=1S/C34H41N7O2.C33H38N8O2.C33H41N7O2/c1-6-29(42)40-15-24(4)41(16-23(40)3)32-26-13-14-38(28-12-8-11-25-10-7-9-22(2)30(25)28)17-27(26)35-31(36-32)33(43)39-20-34(21-39)18-37(5)19-34;1-4-29(42)41-20-19-40(21-25(41)11-13-34)32-26-12-14-39(28-10-6-9-24-8-5-7-23(2)30(24)28)22-27(26)35-31(36-32)33(43)38-17-15-37(3)16-18-38;1-6-29(41)39-19-24(4)40(20-23(39)3)32-26-13-14-38(28-12-8-11-25-10-7-9-22(2)30(25)28)21-27(26)34-31(35-32)33(42)37-17-15-36(5)16-18-37/h6-12,23-24H,1,13-21H2,2-5H3;4-10,25H,1,11-12,14-22H2,2-3H3;6-12,23-24H,1,13-21H2,2-5H3/t23-,24+;25-;23-,24+/m101/s1. The van der Waals surface area contributed by atoms with Crippen LogP contribution < -0.4 is 29.4 Å². The van der Waals surface area contributed by atoms with Gasteiger partial charge >= 0.3 is 0 Å². The maximum absolute atomic E-state index is 13.8. The summed E-state index contributed by atoms with van der Waals surface area (Å²) in [6.07, 6.45) is 6.60. The second-order valence-electron chi connectivity index (χ2n) is 37.1. The third-order valence-electron chi connectivity index (χ3n) is 28.1. The zero-order valence-electron chi connectivity index (χ0n) is 75.9. The zero-order chi connectivity index (χ0) is 89.7. The summed E-state index contributed by atoms with van der Waals surface area (Å²) < 4.78 is 0. The summed E-state index contributed by atoms with van der Waals surface area (Å²) in [5, 5.41) is 16.9. The molecule has 6 aromatic carbocycles. The van der Waals surface area contributed by atoms with E-state index in [0.29, 0.717) is 91.6 Å². The van der Waals surface area contributed by atoms with E-state index >= 15 is 0 Å². The highest BCUT2D eigenvalue weighted by molar-refractivity contribution is 6.00. The van der Waals surface area contributed by atoms with E-state index in [-0.39, 0.29) is 95.0 Å². The first-order chi connectivity index (χ1) is 61.8. The Balaban J connectivity index is 0.000000135. The number of piperazine rings is 5. The number of rotatable bonds is 13. The number of likely N-dealkylation sites (tertiary alicyclic amines) is 2. The number of likely N-dealkylation sites (N-methyl/N-ethyl adjacent to an activating group) is 2. The van der Waals surface area contributed by atoms with Crippen LogP contribution in [0.5, 0.6) is 0 Å². The van der Waals surface area contributed by atoms with E-state index in [1.54, 1.807) is 4.90 Å². The Labute approximate surface area is 751 Å². The maximum atomic E-state index is 13.8. The number of anilines is 6. The molecule has 28 nitrogen and oxygen atoms in total. The zero-order valence-corrected chi connectivity index (χ0v) is 75.9. The van der Waals surface area contributed by atoms with Crippen molar-refractivity contribution in [2.24, 2.45) is 5.41 Å². The summed E-state index contributed by atoms with van der Waals surface area (Å²) in [5.74, 6) is 2.63. The molecule has 666 valence electrons. The first-order valence-corrected chi connectivity index (χ1v) is 45.6. The minimum atomic E-state index is -0.287. The number of carbonyl (C=O) groups excluding carboxylic acids is 6. The minimum absolute atomic E-state index is 0.00365. The van der Waals surface area contributed by atoms with Crippen molar-refractivity contribution in [3.63, 3.8) is 0 Å². The topological polar surface area (TPSA) is 252 Å². The number of carbonyl (C=O) groups is 6. The summed E-state index contributed by atoms with van der Waals surface area (Å²) in [6.45, 7) is 43.6. The van der Waals surface area contributed by atoms with Crippen molar-refractivity contribution in [2.75, 3.05) is 195 Å². The quantitative estimate of drug-likeness (QED) is 0.0973. The van der Waals surface area contributed by atoms with E-state index in [1.165, 1.54) is 84.3 Å². The van der Waals surface area contributed by atoms with Gasteiger partial charge in [0.25, 0.3) is 17.7 Å². The van der Waals surface area contributed by atoms with Gasteiger partial charge in [-0.3, -0.25) is 28.8 Å². The average Bonchev–Trinajstić information content (AvgIpc) is 0.736. The van der Waals surface area contributed by atoms with Gasteiger partial charge < -0.3 is 73.5 Å². The summed E-state index contributed by atoms with van der Waals surface area (Å²) >= 11 is 0. The molecule has 128 heavy (non-hydrogen) atoms. The first kappa shape index (κ1) is 87.6. The molecular formula is C100H120N22O6. The monoisotopic (exact) mass is 1720 g/mol. The molecular weight excluding hydrogens is 1610 g/mol. The van der Waals surface area contributed by atoms with Gasteiger partial charge in [0, 0.05) is 223 Å². The molecule has 10 aliphatic heterocycles. The number of nitriles is 1. The third kappa shape index (κ3) is 17.3. The number of benzene rings is 6. The van der Waals surface area contributed by atoms with Gasteiger partial charge in [-0.2, -0.15) is 5.26 Å². The van der Waals surface area contributed by atoms with Crippen LogP contribution in [-0.2, 0) is 53.3 Å². The summed E-state index contributed by atoms with van der Waals surface area (Å²) in [6, 6.07) is 40.6. The van der Waals surface area contributed by atoms with Crippen LogP contribution in [0.15, 0.2) is 147 Å². The van der Waals surface area contributed by atoms with Crippen LogP contribution in [0, 0.1) is 37.5 Å². The van der Waals surface area contributed by atoms with E-state index in [4.69, 9.17) is 29.9 Å². The molecule has 5 atom stereocenters. The molecule has 6 amide bonds. The Morgan fingerprint density at radius 1 is 0.391 bits per heavy atom. The second-order valence-corrected chi connectivity index (χ2v) is 37.1. The molecule has 13 heterocycles. The van der Waals surface area contributed by atoms with Crippen LogP contribution in [0.1, 0.15) is 116 Å². The molecule has 0 radical (unpaired) electrons. The van der Waals surface area contributed by atoms with Crippen LogP contribution in [0.4, 0.5) is 34.5 Å². The molecule has 1 spiro atoms. The molecule has 28 heteroatoms. The smallest absolute Gasteiger partial charge is 0.291 e. The fraction of sp³-hybridized carbons (Fsp3) is 0.450. The molecule has 0 saturated carbocycles. The highest BCUT2D eigenvalue weighted by Gasteiger charge is 2.53. The van der Waals surface area contributed by atoms with Gasteiger partial charge in [-0.15, -0.1) is 0 Å². The van der Waals surface area contributed by atoms with E-state index in [9.17, 15) is 34.0 Å². The summed E-state index contributed by atoms with van der Waals surface area (Å²) in [7, 11) is 6.27. The van der Waals surface area contributed by atoms with Crippen LogP contribution in [0.25, 0.3) is 32.3 Å². The predicted molar refractivity (Wildman–Crippen MR) is 504 cm³/mol. The summed E-state index contributed by atoms with van der Waals surface area (Å²) in [4.78, 5) is 141. The van der Waals surface area contributed by atoms with Gasteiger partial charge in [0.05, 0.1) is 55.2 Å². The van der Waals surface area contributed by atoms with E-state index < -0.39 is 0 Å². The largest absolute Gasteiger partial charge is 0.365 e. The molecule has 0 N–H and O–H groups in total. The number of amides is 6. The number of fused-ring (bicyclic) bond motifs is 6. The van der Waals surface area contributed by atoms with Gasteiger partial charge in [-0.1, -0.05) is 111 Å². The highest BCUT2D eigenvalue weighted by Crippen LogP contribution is 2.43. The van der Waals surface area contributed by atoms with Crippen molar-refractivity contribution in [1.29, 1.82) is 5.26 Å². The Hall–Kier alpha value is -12.5. The van der Waals surface area contributed by atoms with Crippen LogP contribution in [0.3, 0.4) is 0 Å². The van der Waals surface area contributed by atoms with Crippen molar-refractivity contribution in [1.82, 2.24) is 74.0 Å². The molecule has 0 unspecified atom stereocenters. The Morgan fingerprint density at radius 3 is 1.11 bits per heavy atom. The lowest BCUT2D eigenvalue weighted by Gasteiger charge is -2.59. The van der Waals surface area contributed by atoms with Gasteiger partial charge in [0.1, 0.15) is 17.5 Å². The first-order valence-electron chi connectivity index (χ1n) is 45.6. The van der Waals surface area contributed by atoms with E-state index in [2.05, 4.69) is 249 Å². The fourth-order valence-corrected chi connectivity index (χ4v) is 21.3. The van der Waals surface area contributed by atoms with Crippen LogP contribution in [0.2, 0.25) is 0 Å². The molecule has 10 aliphatic rings. The van der Waals surface area contributed by atoms with Crippen LogP contribution >= 0.6 is 0 Å². The molecule has 19 rings (SSSR count). The number of hydrogen-bond donors (Lipinski definition) is 0. The Kier molecular flexibility index (Phi) is 25.1. The molecule has 0 aliphatic carbocycles. The molecule has 9 aromatic rings. The number of aryl methyl sites for hydroxylation is 3. The van der Waals surface area contributed by atoms with Crippen molar-refractivity contribution in [3.8, 4) is 6.07 Å². The van der Waals surface area contributed by atoms with Crippen molar-refractivity contribution in [2.45, 2.75) is 124 Å². The molecule has 7 fully saturated rings. The normalized spacial score (nSPS) is 21.3. The van der Waals surface area contributed by atoms with Crippen molar-refractivity contribution < 1.29 is 28.8 Å². The fourth-order valence-electron chi connectivity index (χ4n) is 21.3. The number of nitrogens with zero attached hydrogens (tertiary/aromatic N) is 22. The predicted octanol–water partition coefficient (Wildman–Crippen LogP) is 10.0. The van der Waals surface area contributed by atoms with Crippen LogP contribution in [-0.4, -0.2) is 305 Å². The summed E-state index contributed by atoms with van der Waals surface area (Å²) in [5.41, 5.74) is 13.5. The lowest BCUT2D eigenvalue weighted by Crippen LogP contribution is -2.72. The molecule has 7 saturated heterocycles. The number of aromatic nitrogens is 6. The second kappa shape index (κ2) is 36.7. The van der Waals surface area contributed by atoms with Crippen molar-refractivity contribution >= 4 is 102 Å². The van der Waals surface area contributed by atoms with Gasteiger partial charge in [0.2, 0.25) is 35.2 Å². The minimum Gasteiger partial charge on any atom is -0.365 e. The van der Waals surface area contributed by atoms with Crippen molar-refractivity contribution in [3.05, 3.63) is 215 Å². The third-order valence-corrected chi connectivity index (χ3v) is 28.1. The lowest BCUT2D eigenvalue weighted by molar-refractivity contribution is -0.129. The SMILES string of the molecule is C=CC(=O)N1CCN(c2nc(C(=O)N3CCN(C)CC3)nc3c2CCN(c2cccc4cccc(C)c24)C3)C[C@@H]1CC#N.C=CC(=O)N1C[C@H](C)N(c2nc(C(=O)N3CC4(CN(C)C4)C3)nc3c2CCN(c2cccc4cccc(C)c24)C3)C[C@H]1C.C=CC(=O)N1C[C@H](C)N(c2nc(C(=O)N3CCN(C)CC3)nc3c2CCN(c2cccc4cccc(C)c24)C3)C[C@H]1C. The van der Waals surface area contributed by atoms with Gasteiger partial charge in [0.15, 0.2) is 0 Å². The maximum Gasteiger partial charge on any atom is 0.291 e.